The lowest BCUT2D eigenvalue weighted by molar-refractivity contribution is 0.0977. The van der Waals surface area contributed by atoms with Crippen LogP contribution < -0.4 is 0 Å². The van der Waals surface area contributed by atoms with Crippen molar-refractivity contribution in [3.63, 3.8) is 0 Å². The summed E-state index contributed by atoms with van der Waals surface area (Å²) in [5.41, 5.74) is 3.08. The van der Waals surface area contributed by atoms with Gasteiger partial charge in [0.2, 0.25) is 0 Å². The molecule has 0 N–H and O–H groups in total. The highest BCUT2D eigenvalue weighted by Crippen LogP contribution is 2.20. The molecule has 0 aromatic heterocycles. The van der Waals surface area contributed by atoms with Crippen LogP contribution in [0.1, 0.15) is 35.3 Å². The van der Waals surface area contributed by atoms with E-state index in [1.54, 1.807) is 0 Å². The molecule has 0 spiro atoms. The average molecular weight is 269 g/mol. The third-order valence-corrected chi connectivity index (χ3v) is 3.96. The highest BCUT2D eigenvalue weighted by atomic mass is 79.9. The van der Waals surface area contributed by atoms with E-state index in [1.165, 1.54) is 5.56 Å². The monoisotopic (exact) mass is 268 g/mol. The number of hydrogen-bond acceptors (Lipinski definition) is 1. The van der Waals surface area contributed by atoms with Crippen molar-refractivity contribution in [2.24, 2.45) is 5.92 Å². The third kappa shape index (κ3) is 2.91. The van der Waals surface area contributed by atoms with Crippen molar-refractivity contribution in [2.75, 3.05) is 0 Å². The molecule has 0 fully saturated rings. The lowest BCUT2D eigenvalue weighted by Gasteiger charge is -2.14. The Morgan fingerprint density at radius 3 is 2.33 bits per heavy atom. The van der Waals surface area contributed by atoms with Crippen LogP contribution in [0.3, 0.4) is 0 Å². The molecule has 0 aliphatic rings. The van der Waals surface area contributed by atoms with Crippen LogP contribution in [0.25, 0.3) is 0 Å². The van der Waals surface area contributed by atoms with Gasteiger partial charge in [-0.25, -0.2) is 0 Å². The Labute approximate surface area is 100 Å². The number of carbonyl (C=O) groups excluding carboxylic acids is 1. The zero-order valence-corrected chi connectivity index (χ0v) is 11.3. The van der Waals surface area contributed by atoms with Crippen molar-refractivity contribution in [1.29, 1.82) is 0 Å². The normalized spacial score (nSPS) is 12.9. The van der Waals surface area contributed by atoms with E-state index >= 15 is 0 Å². The number of rotatable bonds is 3. The lowest BCUT2D eigenvalue weighted by atomic mass is 9.96. The molecule has 0 heterocycles. The quantitative estimate of drug-likeness (QED) is 0.600. The van der Waals surface area contributed by atoms with Crippen molar-refractivity contribution in [2.45, 2.75) is 32.5 Å². The van der Waals surface area contributed by atoms with Crippen LogP contribution in [-0.4, -0.2) is 10.6 Å². The minimum absolute atomic E-state index is 0.0843. The Hall–Kier alpha value is -0.630. The molecule has 1 aromatic carbocycles. The molecule has 0 saturated heterocycles. The topological polar surface area (TPSA) is 17.1 Å². The molecule has 0 aliphatic carbocycles. The van der Waals surface area contributed by atoms with Gasteiger partial charge in [0.1, 0.15) is 0 Å². The summed E-state index contributed by atoms with van der Waals surface area (Å²) in [6.45, 7) is 8.11. The van der Waals surface area contributed by atoms with Gasteiger partial charge in [-0.2, -0.15) is 0 Å². The van der Waals surface area contributed by atoms with E-state index < -0.39 is 0 Å². The molecule has 1 aromatic rings. The number of hydrogen-bond donors (Lipinski definition) is 0. The first kappa shape index (κ1) is 12.4. The van der Waals surface area contributed by atoms with Gasteiger partial charge in [-0.3, -0.25) is 4.79 Å². The molecule has 0 radical (unpaired) electrons. The smallest absolute Gasteiger partial charge is 0.176 e. The fourth-order valence-corrected chi connectivity index (χ4v) is 1.79. The van der Waals surface area contributed by atoms with Crippen LogP contribution in [-0.2, 0) is 0 Å². The Kier molecular flexibility index (Phi) is 4.09. The minimum Gasteiger partial charge on any atom is -0.293 e. The Morgan fingerprint density at radius 1 is 1.27 bits per heavy atom. The van der Waals surface area contributed by atoms with E-state index in [9.17, 15) is 4.79 Å². The summed E-state index contributed by atoms with van der Waals surface area (Å²) >= 11 is 3.45. The second-order valence-electron chi connectivity index (χ2n) is 4.33. The van der Waals surface area contributed by atoms with Crippen LogP contribution in [0.15, 0.2) is 18.2 Å². The van der Waals surface area contributed by atoms with Crippen molar-refractivity contribution >= 4 is 21.7 Å². The van der Waals surface area contributed by atoms with E-state index in [-0.39, 0.29) is 10.6 Å². The van der Waals surface area contributed by atoms with E-state index in [0.29, 0.717) is 5.92 Å². The number of benzene rings is 1. The van der Waals surface area contributed by atoms with Crippen LogP contribution in [0.5, 0.6) is 0 Å². The van der Waals surface area contributed by atoms with Gasteiger partial charge in [0, 0.05) is 5.56 Å². The summed E-state index contributed by atoms with van der Waals surface area (Å²) in [4.78, 5) is 12.0. The molecule has 1 nitrogen and oxygen atoms in total. The molecule has 0 saturated carbocycles. The Bertz CT molecular complexity index is 369. The van der Waals surface area contributed by atoms with Gasteiger partial charge >= 0.3 is 0 Å². The molecule has 0 amide bonds. The number of alkyl halides is 1. The minimum atomic E-state index is -0.0843. The maximum atomic E-state index is 12.1. The van der Waals surface area contributed by atoms with Crippen molar-refractivity contribution in [3.05, 3.63) is 34.9 Å². The van der Waals surface area contributed by atoms with Crippen LogP contribution >= 0.6 is 15.9 Å². The van der Waals surface area contributed by atoms with Gasteiger partial charge in [0.25, 0.3) is 0 Å². The van der Waals surface area contributed by atoms with Crippen molar-refractivity contribution in [1.82, 2.24) is 0 Å². The molecule has 1 atom stereocenters. The number of carbonyl (C=O) groups is 1. The maximum absolute atomic E-state index is 12.1. The maximum Gasteiger partial charge on any atom is 0.176 e. The number of halogens is 1. The van der Waals surface area contributed by atoms with E-state index in [4.69, 9.17) is 0 Å². The van der Waals surface area contributed by atoms with Gasteiger partial charge in [0.05, 0.1) is 4.83 Å². The molecular weight excluding hydrogens is 252 g/mol. The Morgan fingerprint density at radius 2 is 1.87 bits per heavy atom. The zero-order valence-electron chi connectivity index (χ0n) is 9.67. The van der Waals surface area contributed by atoms with Crippen molar-refractivity contribution in [3.8, 4) is 0 Å². The molecule has 1 rings (SSSR count). The van der Waals surface area contributed by atoms with Gasteiger partial charge in [-0.05, 0) is 25.3 Å². The summed E-state index contributed by atoms with van der Waals surface area (Å²) in [6.07, 6.45) is 0. The highest BCUT2D eigenvalue weighted by molar-refractivity contribution is 9.10. The molecular formula is C13H17BrO. The summed E-state index contributed by atoms with van der Waals surface area (Å²) in [5, 5.41) is 0. The SMILES string of the molecule is Cc1ccc(C(=O)C(Br)C(C)C)c(C)c1. The zero-order chi connectivity index (χ0) is 11.6. The standard InChI is InChI=1S/C13H17BrO/c1-8(2)12(14)13(15)11-6-5-9(3)7-10(11)4/h5-8,12H,1-4H3. The first-order valence-corrected chi connectivity index (χ1v) is 6.10. The number of Topliss-reactive ketones (excluding diaryl/α,β-unsaturated/α-hetero) is 1. The number of ketones is 1. The van der Waals surface area contributed by atoms with Crippen molar-refractivity contribution < 1.29 is 4.79 Å². The summed E-state index contributed by atoms with van der Waals surface area (Å²) in [6, 6.07) is 5.96. The molecule has 1 unspecified atom stereocenters. The van der Waals surface area contributed by atoms with Gasteiger partial charge in [-0.15, -0.1) is 0 Å². The predicted molar refractivity (Wildman–Crippen MR) is 67.8 cm³/mol. The molecule has 82 valence electrons. The largest absolute Gasteiger partial charge is 0.293 e. The second-order valence-corrected chi connectivity index (χ2v) is 5.31. The van der Waals surface area contributed by atoms with E-state index in [2.05, 4.69) is 15.9 Å². The highest BCUT2D eigenvalue weighted by Gasteiger charge is 2.21. The first-order chi connectivity index (χ1) is 6.93. The number of aryl methyl sites for hydroxylation is 2. The summed E-state index contributed by atoms with van der Waals surface area (Å²) < 4.78 is 0. The van der Waals surface area contributed by atoms with Crippen LogP contribution in [0.4, 0.5) is 0 Å². The molecule has 15 heavy (non-hydrogen) atoms. The Balaban J connectivity index is 3.01. The fourth-order valence-electron chi connectivity index (χ4n) is 1.54. The molecule has 2 heteroatoms. The molecule has 0 aliphatic heterocycles. The summed E-state index contributed by atoms with van der Waals surface area (Å²) in [7, 11) is 0. The predicted octanol–water partition coefficient (Wildman–Crippen LogP) is 3.91. The second kappa shape index (κ2) is 4.93. The van der Waals surface area contributed by atoms with Gasteiger partial charge in [-0.1, -0.05) is 53.5 Å². The van der Waals surface area contributed by atoms with Crippen LogP contribution in [0.2, 0.25) is 0 Å². The summed E-state index contributed by atoms with van der Waals surface area (Å²) in [5.74, 6) is 0.501. The first-order valence-electron chi connectivity index (χ1n) is 5.19. The molecule has 0 bridgehead atoms. The average Bonchev–Trinajstić information content (AvgIpc) is 2.15. The van der Waals surface area contributed by atoms with Gasteiger partial charge < -0.3 is 0 Å². The van der Waals surface area contributed by atoms with E-state index in [1.807, 2.05) is 45.9 Å². The fraction of sp³-hybridized carbons (Fsp3) is 0.462. The van der Waals surface area contributed by atoms with Crippen LogP contribution in [0, 0.1) is 19.8 Å². The lowest BCUT2D eigenvalue weighted by Crippen LogP contribution is -2.20. The van der Waals surface area contributed by atoms with Gasteiger partial charge in [0.15, 0.2) is 5.78 Å². The third-order valence-electron chi connectivity index (χ3n) is 2.48. The van der Waals surface area contributed by atoms with E-state index in [0.717, 1.165) is 11.1 Å².